The third kappa shape index (κ3) is 1.25. The number of H-pyrrole nitrogens is 2. The average molecular weight is 194 g/mol. The maximum absolute atomic E-state index is 11.3. The van der Waals surface area contributed by atoms with E-state index in [2.05, 4.69) is 19.9 Å². The van der Waals surface area contributed by atoms with Crippen molar-refractivity contribution in [2.75, 3.05) is 0 Å². The molecule has 2 N–H and O–H groups in total. The van der Waals surface area contributed by atoms with E-state index in [1.807, 2.05) is 0 Å². The molecule has 0 bridgehead atoms. The highest BCUT2D eigenvalue weighted by Gasteiger charge is 2.03. The smallest absolute Gasteiger partial charge is 0.261 e. The molecule has 0 radical (unpaired) electrons. The molecule has 0 unspecified atom stereocenters. The number of nitrogens with one attached hydrogen (secondary N) is 2. The predicted molar refractivity (Wildman–Crippen MR) is 50.1 cm³/mol. The highest BCUT2D eigenvalue weighted by Crippen LogP contribution is 2.04. The molecule has 0 aromatic carbocycles. The molecule has 13 heavy (non-hydrogen) atoms. The summed E-state index contributed by atoms with van der Waals surface area (Å²) in [6.45, 7) is 1.76. The molecule has 0 aliphatic rings. The molecule has 2 aromatic heterocycles. The van der Waals surface area contributed by atoms with Gasteiger partial charge in [-0.2, -0.15) is 4.98 Å². The summed E-state index contributed by atoms with van der Waals surface area (Å²) in [5, 5.41) is 0.455. The molecule has 0 saturated carbocycles. The van der Waals surface area contributed by atoms with Crippen molar-refractivity contribution >= 4 is 23.3 Å². The lowest BCUT2D eigenvalue weighted by atomic mass is 10.3. The number of aryl methyl sites for hydroxylation is 1. The number of rotatable bonds is 0. The molecule has 0 aliphatic heterocycles. The van der Waals surface area contributed by atoms with E-state index >= 15 is 0 Å². The van der Waals surface area contributed by atoms with Gasteiger partial charge >= 0.3 is 0 Å². The third-order valence-corrected chi connectivity index (χ3v) is 1.90. The lowest BCUT2D eigenvalue weighted by Gasteiger charge is -1.97. The zero-order valence-corrected chi connectivity index (χ0v) is 7.60. The summed E-state index contributed by atoms with van der Waals surface area (Å²) in [4.78, 5) is 24.4. The van der Waals surface area contributed by atoms with Gasteiger partial charge in [-0.15, -0.1) is 0 Å². The van der Waals surface area contributed by atoms with Crippen LogP contribution < -0.4 is 5.56 Å². The fourth-order valence-electron chi connectivity index (χ4n) is 1.16. The second-order valence-electron chi connectivity index (χ2n) is 2.60. The van der Waals surface area contributed by atoms with Crippen LogP contribution in [0.4, 0.5) is 0 Å². The molecule has 0 amide bonds. The molecule has 0 atom stereocenters. The standard InChI is InChI=1S/C7H6N4OS/c1-3-4-5(11-7(13)10-3)8-2-9-6(4)12/h2H,1H3,(H2,8,9,10,11,12,13). The Morgan fingerprint density at radius 1 is 1.54 bits per heavy atom. The number of hydrogen-bond donors (Lipinski definition) is 2. The molecule has 0 aliphatic carbocycles. The fraction of sp³-hybridized carbons (Fsp3) is 0.143. The van der Waals surface area contributed by atoms with Crippen molar-refractivity contribution < 1.29 is 0 Å². The first-order valence-corrected chi connectivity index (χ1v) is 4.03. The van der Waals surface area contributed by atoms with Crippen LogP contribution >= 0.6 is 12.2 Å². The zero-order valence-electron chi connectivity index (χ0n) is 6.79. The van der Waals surface area contributed by atoms with Crippen LogP contribution in [0.1, 0.15) is 5.69 Å². The van der Waals surface area contributed by atoms with Crippen molar-refractivity contribution in [2.24, 2.45) is 0 Å². The lowest BCUT2D eigenvalue weighted by Crippen LogP contribution is -2.10. The largest absolute Gasteiger partial charge is 0.334 e. The van der Waals surface area contributed by atoms with Gasteiger partial charge in [0, 0.05) is 5.69 Å². The van der Waals surface area contributed by atoms with Crippen LogP contribution in [-0.2, 0) is 0 Å². The van der Waals surface area contributed by atoms with Gasteiger partial charge in [0.2, 0.25) is 0 Å². The van der Waals surface area contributed by atoms with Crippen LogP contribution in [0.5, 0.6) is 0 Å². The van der Waals surface area contributed by atoms with Gasteiger partial charge in [0.05, 0.1) is 6.33 Å². The molecule has 2 heterocycles. The normalized spacial score (nSPS) is 10.5. The van der Waals surface area contributed by atoms with Gasteiger partial charge in [0.15, 0.2) is 10.4 Å². The Morgan fingerprint density at radius 2 is 2.31 bits per heavy atom. The van der Waals surface area contributed by atoms with Gasteiger partial charge in [0.25, 0.3) is 5.56 Å². The summed E-state index contributed by atoms with van der Waals surface area (Å²) in [7, 11) is 0. The summed E-state index contributed by atoms with van der Waals surface area (Å²) in [5.41, 5.74) is 0.857. The van der Waals surface area contributed by atoms with Crippen molar-refractivity contribution in [2.45, 2.75) is 6.92 Å². The Balaban J connectivity index is 3.12. The zero-order chi connectivity index (χ0) is 9.42. The first-order valence-electron chi connectivity index (χ1n) is 3.63. The van der Waals surface area contributed by atoms with Crippen LogP contribution in [0.3, 0.4) is 0 Å². The van der Waals surface area contributed by atoms with Crippen molar-refractivity contribution in [3.8, 4) is 0 Å². The maximum atomic E-state index is 11.3. The van der Waals surface area contributed by atoms with E-state index in [0.717, 1.165) is 0 Å². The SMILES string of the molecule is Cc1[nH]c(=S)nc2nc[nH]c(=O)c12. The van der Waals surface area contributed by atoms with Crippen molar-refractivity contribution in [1.82, 2.24) is 19.9 Å². The number of fused-ring (bicyclic) bond motifs is 1. The Bertz CT molecular complexity index is 570. The summed E-state index contributed by atoms with van der Waals surface area (Å²) in [6, 6.07) is 0. The Kier molecular flexibility index (Phi) is 1.70. The Hall–Kier alpha value is -1.56. The van der Waals surface area contributed by atoms with Crippen molar-refractivity contribution in [1.29, 1.82) is 0 Å². The fourth-order valence-corrected chi connectivity index (χ4v) is 1.40. The van der Waals surface area contributed by atoms with Crippen LogP contribution in [0.25, 0.3) is 11.0 Å². The predicted octanol–water partition coefficient (Wildman–Crippen LogP) is 0.684. The average Bonchev–Trinajstić information content (AvgIpc) is 2.02. The molecule has 6 heteroatoms. The van der Waals surface area contributed by atoms with Gasteiger partial charge in [-0.3, -0.25) is 4.79 Å². The molecule has 2 rings (SSSR count). The van der Waals surface area contributed by atoms with Crippen LogP contribution in [0, 0.1) is 11.7 Å². The molecule has 0 spiro atoms. The molecular weight excluding hydrogens is 188 g/mol. The van der Waals surface area contributed by atoms with E-state index < -0.39 is 0 Å². The van der Waals surface area contributed by atoms with E-state index in [9.17, 15) is 4.79 Å². The molecule has 2 aromatic rings. The topological polar surface area (TPSA) is 74.4 Å². The summed E-state index contributed by atoms with van der Waals surface area (Å²) >= 11 is 4.85. The molecule has 0 saturated heterocycles. The lowest BCUT2D eigenvalue weighted by molar-refractivity contribution is 1.06. The number of nitrogens with zero attached hydrogens (tertiary/aromatic N) is 2. The minimum absolute atomic E-state index is 0.207. The second kappa shape index (κ2) is 2.74. The molecular formula is C7H6N4OS. The van der Waals surface area contributed by atoms with E-state index in [1.54, 1.807) is 6.92 Å². The number of aromatic nitrogens is 4. The van der Waals surface area contributed by atoms with Gasteiger partial charge in [0.1, 0.15) is 5.39 Å². The minimum atomic E-state index is -0.207. The third-order valence-electron chi connectivity index (χ3n) is 1.71. The second-order valence-corrected chi connectivity index (χ2v) is 2.98. The molecule has 66 valence electrons. The number of hydrogen-bond acceptors (Lipinski definition) is 4. The van der Waals surface area contributed by atoms with Crippen LogP contribution in [0.15, 0.2) is 11.1 Å². The quantitative estimate of drug-likeness (QED) is 0.605. The molecule has 0 fully saturated rings. The monoisotopic (exact) mass is 194 g/mol. The minimum Gasteiger partial charge on any atom is -0.334 e. The Labute approximate surface area is 77.9 Å². The van der Waals surface area contributed by atoms with E-state index in [0.29, 0.717) is 21.5 Å². The van der Waals surface area contributed by atoms with Crippen molar-refractivity contribution in [3.05, 3.63) is 27.1 Å². The van der Waals surface area contributed by atoms with E-state index in [-0.39, 0.29) is 5.56 Å². The highest BCUT2D eigenvalue weighted by molar-refractivity contribution is 7.71. The van der Waals surface area contributed by atoms with Gasteiger partial charge < -0.3 is 9.97 Å². The number of aromatic amines is 2. The highest BCUT2D eigenvalue weighted by atomic mass is 32.1. The van der Waals surface area contributed by atoms with E-state index in [1.165, 1.54) is 6.33 Å². The first kappa shape index (κ1) is 8.06. The van der Waals surface area contributed by atoms with Crippen molar-refractivity contribution in [3.63, 3.8) is 0 Å². The Morgan fingerprint density at radius 3 is 3.08 bits per heavy atom. The van der Waals surface area contributed by atoms with Gasteiger partial charge in [-0.05, 0) is 19.1 Å². The van der Waals surface area contributed by atoms with Gasteiger partial charge in [-0.1, -0.05) is 0 Å². The summed E-state index contributed by atoms with van der Waals surface area (Å²) < 4.78 is 0.336. The van der Waals surface area contributed by atoms with E-state index in [4.69, 9.17) is 12.2 Å². The van der Waals surface area contributed by atoms with Crippen LogP contribution in [-0.4, -0.2) is 19.9 Å². The summed E-state index contributed by atoms with van der Waals surface area (Å²) in [5.74, 6) is 0. The van der Waals surface area contributed by atoms with Crippen LogP contribution in [0.2, 0.25) is 0 Å². The molecule has 5 nitrogen and oxygen atoms in total. The maximum Gasteiger partial charge on any atom is 0.261 e. The van der Waals surface area contributed by atoms with Gasteiger partial charge in [-0.25, -0.2) is 4.98 Å². The first-order chi connectivity index (χ1) is 6.18. The summed E-state index contributed by atoms with van der Waals surface area (Å²) in [6.07, 6.45) is 1.31.